The average molecular weight is 498 g/mol. The van der Waals surface area contributed by atoms with E-state index in [9.17, 15) is 0 Å². The molecule has 5 rings (SSSR count). The van der Waals surface area contributed by atoms with Gasteiger partial charge in [0.25, 0.3) is 0 Å². The molecule has 4 aromatic rings. The molecular formula is C37H39N. The molecule has 0 spiro atoms. The molecule has 4 aromatic carbocycles. The van der Waals surface area contributed by atoms with Crippen LogP contribution in [-0.2, 0) is 5.41 Å². The second-order valence-corrected chi connectivity index (χ2v) is 9.76. The van der Waals surface area contributed by atoms with E-state index in [2.05, 4.69) is 131 Å². The van der Waals surface area contributed by atoms with Crippen molar-refractivity contribution in [2.45, 2.75) is 33.1 Å². The summed E-state index contributed by atoms with van der Waals surface area (Å²) in [5.41, 5.74) is 11.4. The minimum absolute atomic E-state index is 0.0187. The molecule has 1 N–H and O–H groups in total. The van der Waals surface area contributed by atoms with Crippen LogP contribution in [-0.4, -0.2) is 0 Å². The SMILES string of the molecule is C=C/C=C(\C=C)Nc1ccc2c(c1)C(C)(C)c1cc(C)ccc1-2.C=CC.c1ccc(-c2ccccc2)cc1. The maximum absolute atomic E-state index is 3.84. The summed E-state index contributed by atoms with van der Waals surface area (Å²) in [6, 6.07) is 34.1. The first-order chi connectivity index (χ1) is 18.3. The van der Waals surface area contributed by atoms with Crippen molar-refractivity contribution in [1.82, 2.24) is 0 Å². The van der Waals surface area contributed by atoms with Gasteiger partial charge in [0.1, 0.15) is 0 Å². The van der Waals surface area contributed by atoms with Gasteiger partial charge < -0.3 is 5.32 Å². The smallest absolute Gasteiger partial charge is 0.0387 e. The van der Waals surface area contributed by atoms with Crippen LogP contribution in [0.15, 0.2) is 147 Å². The standard InChI is InChI=1S/C22H23N.C12H10.C3H6/c1-6-8-16(7-2)23-17-10-12-19-18-11-9-15(3)13-20(18)22(4,5)21(19)14-17;1-3-7-11(8-4-1)12-9-5-2-6-10-12;1-3-2/h6-14,23H,1-2H2,3-5H3;1-10H;3H,1H2,2H3/b16-8+;;. The van der Waals surface area contributed by atoms with Crippen LogP contribution in [0.2, 0.25) is 0 Å². The van der Waals surface area contributed by atoms with Crippen LogP contribution >= 0.6 is 0 Å². The van der Waals surface area contributed by atoms with Gasteiger partial charge in [0.2, 0.25) is 0 Å². The number of hydrogen-bond acceptors (Lipinski definition) is 1. The van der Waals surface area contributed by atoms with Crippen LogP contribution in [0.1, 0.15) is 37.5 Å². The zero-order valence-corrected chi connectivity index (χ0v) is 23.2. The molecule has 0 amide bonds. The third kappa shape index (κ3) is 6.69. The van der Waals surface area contributed by atoms with Crippen molar-refractivity contribution in [2.75, 3.05) is 5.32 Å². The normalized spacial score (nSPS) is 12.4. The van der Waals surface area contributed by atoms with E-state index in [1.54, 1.807) is 18.2 Å². The lowest BCUT2D eigenvalue weighted by atomic mass is 9.82. The fourth-order valence-corrected chi connectivity index (χ4v) is 4.64. The van der Waals surface area contributed by atoms with Crippen LogP contribution in [0.4, 0.5) is 5.69 Å². The Kier molecular flexibility index (Phi) is 9.85. The Balaban J connectivity index is 0.000000222. The highest BCUT2D eigenvalue weighted by atomic mass is 14.9. The van der Waals surface area contributed by atoms with E-state index in [1.165, 1.54) is 38.9 Å². The summed E-state index contributed by atoms with van der Waals surface area (Å²) in [4.78, 5) is 0. The number of allylic oxidation sites excluding steroid dienone is 4. The molecule has 0 saturated heterocycles. The lowest BCUT2D eigenvalue weighted by Crippen LogP contribution is -2.15. The summed E-state index contributed by atoms with van der Waals surface area (Å²) in [5.74, 6) is 0. The van der Waals surface area contributed by atoms with E-state index >= 15 is 0 Å². The van der Waals surface area contributed by atoms with Crippen LogP contribution in [0.5, 0.6) is 0 Å². The number of nitrogens with one attached hydrogen (secondary N) is 1. The summed E-state index contributed by atoms with van der Waals surface area (Å²) in [6.45, 7) is 19.6. The first kappa shape index (κ1) is 28.2. The molecule has 38 heavy (non-hydrogen) atoms. The third-order valence-corrected chi connectivity index (χ3v) is 6.52. The highest BCUT2D eigenvalue weighted by Gasteiger charge is 2.35. The number of benzene rings is 4. The van der Waals surface area contributed by atoms with Crippen molar-refractivity contribution >= 4 is 5.69 Å². The first-order valence-corrected chi connectivity index (χ1v) is 13.0. The number of aryl methyl sites for hydroxylation is 1. The third-order valence-electron chi connectivity index (χ3n) is 6.52. The van der Waals surface area contributed by atoms with Crippen molar-refractivity contribution in [3.63, 3.8) is 0 Å². The van der Waals surface area contributed by atoms with Crippen LogP contribution in [0.3, 0.4) is 0 Å². The molecule has 0 radical (unpaired) electrons. The molecule has 192 valence electrons. The molecule has 0 aromatic heterocycles. The van der Waals surface area contributed by atoms with E-state index in [0.29, 0.717) is 0 Å². The average Bonchev–Trinajstić information content (AvgIpc) is 3.16. The number of hydrogen-bond donors (Lipinski definition) is 1. The van der Waals surface area contributed by atoms with Gasteiger partial charge in [0.05, 0.1) is 0 Å². The van der Waals surface area contributed by atoms with Crippen molar-refractivity contribution in [3.05, 3.63) is 163 Å². The predicted molar refractivity (Wildman–Crippen MR) is 169 cm³/mol. The predicted octanol–water partition coefficient (Wildman–Crippen LogP) is 10.5. The lowest BCUT2D eigenvalue weighted by Gasteiger charge is -2.22. The van der Waals surface area contributed by atoms with Crippen LogP contribution < -0.4 is 5.32 Å². The second kappa shape index (κ2) is 13.3. The van der Waals surface area contributed by atoms with Gasteiger partial charge in [-0.2, -0.15) is 0 Å². The molecule has 0 unspecified atom stereocenters. The number of rotatable bonds is 5. The van der Waals surface area contributed by atoms with Crippen molar-refractivity contribution < 1.29 is 0 Å². The maximum atomic E-state index is 3.84. The van der Waals surface area contributed by atoms with Crippen molar-refractivity contribution in [2.24, 2.45) is 0 Å². The van der Waals surface area contributed by atoms with Gasteiger partial charge in [0, 0.05) is 16.8 Å². The largest absolute Gasteiger partial charge is 0.356 e. The summed E-state index contributed by atoms with van der Waals surface area (Å²) < 4.78 is 0. The quantitative estimate of drug-likeness (QED) is 0.213. The zero-order chi connectivity index (χ0) is 27.5. The van der Waals surface area contributed by atoms with E-state index in [-0.39, 0.29) is 5.41 Å². The summed E-state index contributed by atoms with van der Waals surface area (Å²) in [6.07, 6.45) is 7.24. The van der Waals surface area contributed by atoms with Crippen LogP contribution in [0, 0.1) is 6.92 Å². The Morgan fingerprint density at radius 3 is 1.71 bits per heavy atom. The molecule has 0 aliphatic heterocycles. The monoisotopic (exact) mass is 497 g/mol. The highest BCUT2D eigenvalue weighted by molar-refractivity contribution is 5.82. The van der Waals surface area contributed by atoms with E-state index in [1.807, 2.05) is 25.1 Å². The Labute approximate surface area is 229 Å². The molecule has 1 aliphatic carbocycles. The van der Waals surface area contributed by atoms with Gasteiger partial charge in [-0.25, -0.2) is 0 Å². The van der Waals surface area contributed by atoms with E-state index in [0.717, 1.165) is 11.4 Å². The second-order valence-electron chi connectivity index (χ2n) is 9.76. The Hall–Kier alpha value is -4.36. The fraction of sp³-hybridized carbons (Fsp3) is 0.135. The van der Waals surface area contributed by atoms with Gasteiger partial charge in [-0.05, 0) is 71.5 Å². The molecule has 0 fully saturated rings. The van der Waals surface area contributed by atoms with Gasteiger partial charge >= 0.3 is 0 Å². The molecule has 0 heterocycles. The van der Waals surface area contributed by atoms with Gasteiger partial charge in [-0.3, -0.25) is 0 Å². The minimum Gasteiger partial charge on any atom is -0.356 e. The van der Waals surface area contributed by atoms with E-state index in [4.69, 9.17) is 0 Å². The minimum atomic E-state index is 0.0187. The Bertz CT molecular complexity index is 1370. The number of fused-ring (bicyclic) bond motifs is 3. The Morgan fingerprint density at radius 1 is 0.711 bits per heavy atom. The Morgan fingerprint density at radius 2 is 1.21 bits per heavy atom. The number of anilines is 1. The molecule has 1 aliphatic rings. The molecule has 0 bridgehead atoms. The molecule has 0 saturated carbocycles. The fourth-order valence-electron chi connectivity index (χ4n) is 4.64. The molecule has 1 heteroatoms. The molecule has 1 nitrogen and oxygen atoms in total. The van der Waals surface area contributed by atoms with Crippen molar-refractivity contribution in [1.29, 1.82) is 0 Å². The van der Waals surface area contributed by atoms with Gasteiger partial charge in [-0.1, -0.05) is 130 Å². The van der Waals surface area contributed by atoms with Gasteiger partial charge in [-0.15, -0.1) is 6.58 Å². The molecule has 0 atom stereocenters. The summed E-state index contributed by atoms with van der Waals surface area (Å²) in [7, 11) is 0. The lowest BCUT2D eigenvalue weighted by molar-refractivity contribution is 0.660. The van der Waals surface area contributed by atoms with E-state index < -0.39 is 0 Å². The van der Waals surface area contributed by atoms with Crippen molar-refractivity contribution in [3.8, 4) is 22.3 Å². The zero-order valence-electron chi connectivity index (χ0n) is 23.2. The van der Waals surface area contributed by atoms with Crippen LogP contribution in [0.25, 0.3) is 22.3 Å². The summed E-state index contributed by atoms with van der Waals surface area (Å²) in [5, 5.41) is 3.41. The van der Waals surface area contributed by atoms with Gasteiger partial charge in [0.15, 0.2) is 0 Å². The first-order valence-electron chi connectivity index (χ1n) is 13.0. The highest BCUT2D eigenvalue weighted by Crippen LogP contribution is 2.49. The summed E-state index contributed by atoms with van der Waals surface area (Å²) >= 11 is 0. The molecular weight excluding hydrogens is 458 g/mol. The topological polar surface area (TPSA) is 12.0 Å². The maximum Gasteiger partial charge on any atom is 0.0387 e.